The molecule has 26 heavy (non-hydrogen) atoms. The van der Waals surface area contributed by atoms with Gasteiger partial charge in [0.05, 0.1) is 10.6 Å². The van der Waals surface area contributed by atoms with E-state index in [0.717, 1.165) is 25.8 Å². The summed E-state index contributed by atoms with van der Waals surface area (Å²) in [5, 5.41) is 5.85. The average Bonchev–Trinajstić information content (AvgIpc) is 3.29. The van der Waals surface area contributed by atoms with Crippen LogP contribution in [0.4, 0.5) is 0 Å². The standard InChI is InChI=1S/C21H29NS2.C2H2/c1-6-10-17(7-2)13-19(22-14-18-11-9-12-23-18)21-16(5)15(4)20(8-3)24-21;1-2/h9-13,22H,6-8,14H2,1-5H3;1-2H/b17-10+,19-13+;. The molecule has 0 unspecified atom stereocenters. The molecule has 2 heterocycles. The van der Waals surface area contributed by atoms with Crippen LogP contribution < -0.4 is 5.32 Å². The predicted molar refractivity (Wildman–Crippen MR) is 121 cm³/mol. The number of terminal acetylenes is 1. The molecular weight excluding hydrogens is 354 g/mol. The normalized spacial score (nSPS) is 11.8. The van der Waals surface area contributed by atoms with Crippen LogP contribution in [-0.4, -0.2) is 0 Å². The quantitative estimate of drug-likeness (QED) is 0.377. The number of aryl methyl sites for hydroxylation is 1. The third-order valence-corrected chi connectivity index (χ3v) is 6.80. The van der Waals surface area contributed by atoms with Crippen LogP contribution in [0.1, 0.15) is 59.4 Å². The van der Waals surface area contributed by atoms with Crippen LogP contribution in [0, 0.1) is 26.7 Å². The lowest BCUT2D eigenvalue weighted by Gasteiger charge is -2.12. The van der Waals surface area contributed by atoms with E-state index in [9.17, 15) is 0 Å². The Labute approximate surface area is 167 Å². The van der Waals surface area contributed by atoms with Crippen LogP contribution in [-0.2, 0) is 13.0 Å². The molecule has 0 aliphatic heterocycles. The smallest absolute Gasteiger partial charge is 0.0536 e. The van der Waals surface area contributed by atoms with Gasteiger partial charge in [-0.25, -0.2) is 0 Å². The summed E-state index contributed by atoms with van der Waals surface area (Å²) in [6.07, 6.45) is 16.0. The maximum absolute atomic E-state index is 4.00. The second-order valence-electron chi connectivity index (χ2n) is 5.99. The molecule has 0 radical (unpaired) electrons. The van der Waals surface area contributed by atoms with Crippen molar-refractivity contribution in [1.29, 1.82) is 0 Å². The van der Waals surface area contributed by atoms with Gasteiger partial charge in [-0.1, -0.05) is 38.5 Å². The van der Waals surface area contributed by atoms with Gasteiger partial charge in [0.1, 0.15) is 0 Å². The van der Waals surface area contributed by atoms with E-state index < -0.39 is 0 Å². The van der Waals surface area contributed by atoms with Gasteiger partial charge in [0.25, 0.3) is 0 Å². The summed E-state index contributed by atoms with van der Waals surface area (Å²) >= 11 is 3.76. The Morgan fingerprint density at radius 2 is 1.88 bits per heavy atom. The number of rotatable bonds is 8. The van der Waals surface area contributed by atoms with Gasteiger partial charge in [0.2, 0.25) is 0 Å². The Kier molecular flexibility index (Phi) is 10.1. The zero-order valence-electron chi connectivity index (χ0n) is 16.7. The summed E-state index contributed by atoms with van der Waals surface area (Å²) in [5.74, 6) is 0. The van der Waals surface area contributed by atoms with Gasteiger partial charge >= 0.3 is 0 Å². The van der Waals surface area contributed by atoms with Crippen molar-refractivity contribution < 1.29 is 0 Å². The van der Waals surface area contributed by atoms with Gasteiger partial charge in [-0.05, 0) is 61.8 Å². The molecule has 140 valence electrons. The lowest BCUT2D eigenvalue weighted by atomic mass is 10.1. The molecule has 0 atom stereocenters. The highest BCUT2D eigenvalue weighted by molar-refractivity contribution is 7.13. The molecule has 0 aliphatic rings. The largest absolute Gasteiger partial charge is 0.379 e. The Hall–Kier alpha value is -1.76. The summed E-state index contributed by atoms with van der Waals surface area (Å²) in [7, 11) is 0. The fraction of sp³-hybridized carbons (Fsp3) is 0.391. The molecule has 0 saturated carbocycles. The first-order valence-electron chi connectivity index (χ1n) is 9.20. The number of allylic oxidation sites excluding steroid dienone is 3. The Morgan fingerprint density at radius 3 is 2.38 bits per heavy atom. The second kappa shape index (κ2) is 11.8. The van der Waals surface area contributed by atoms with Crippen molar-refractivity contribution in [2.24, 2.45) is 0 Å². The highest BCUT2D eigenvalue weighted by Crippen LogP contribution is 2.33. The summed E-state index contributed by atoms with van der Waals surface area (Å²) in [6.45, 7) is 12.1. The predicted octanol–water partition coefficient (Wildman–Crippen LogP) is 7.12. The van der Waals surface area contributed by atoms with E-state index in [0.29, 0.717) is 0 Å². The van der Waals surface area contributed by atoms with Gasteiger partial charge in [-0.3, -0.25) is 0 Å². The van der Waals surface area contributed by atoms with E-state index >= 15 is 0 Å². The molecule has 0 bridgehead atoms. The molecule has 2 aromatic heterocycles. The van der Waals surface area contributed by atoms with Gasteiger partial charge in [-0.2, -0.15) is 0 Å². The van der Waals surface area contributed by atoms with E-state index in [2.05, 4.69) is 82.4 Å². The zero-order valence-corrected chi connectivity index (χ0v) is 18.3. The topological polar surface area (TPSA) is 12.0 Å². The number of nitrogens with one attached hydrogen (secondary N) is 1. The van der Waals surface area contributed by atoms with E-state index in [1.165, 1.54) is 37.0 Å². The first-order valence-corrected chi connectivity index (χ1v) is 10.9. The van der Waals surface area contributed by atoms with Crippen molar-refractivity contribution in [2.75, 3.05) is 0 Å². The van der Waals surface area contributed by atoms with E-state index in [-0.39, 0.29) is 0 Å². The van der Waals surface area contributed by atoms with Crippen LogP contribution in [0.25, 0.3) is 5.70 Å². The van der Waals surface area contributed by atoms with Crippen molar-refractivity contribution >= 4 is 28.4 Å². The fourth-order valence-electron chi connectivity index (χ4n) is 2.80. The summed E-state index contributed by atoms with van der Waals surface area (Å²) in [6, 6.07) is 4.32. The van der Waals surface area contributed by atoms with Crippen molar-refractivity contribution in [3.63, 3.8) is 0 Å². The van der Waals surface area contributed by atoms with Crippen molar-refractivity contribution in [3.8, 4) is 12.8 Å². The maximum atomic E-state index is 4.00. The number of hydrogen-bond acceptors (Lipinski definition) is 3. The van der Waals surface area contributed by atoms with Crippen molar-refractivity contribution in [1.82, 2.24) is 5.32 Å². The molecule has 3 heteroatoms. The van der Waals surface area contributed by atoms with E-state index in [1.54, 1.807) is 0 Å². The molecule has 0 spiro atoms. The van der Waals surface area contributed by atoms with Crippen molar-refractivity contribution in [3.05, 3.63) is 61.0 Å². The van der Waals surface area contributed by atoms with Crippen molar-refractivity contribution in [2.45, 2.75) is 60.4 Å². The minimum absolute atomic E-state index is 0.893. The third-order valence-electron chi connectivity index (χ3n) is 4.35. The van der Waals surface area contributed by atoms with Gasteiger partial charge < -0.3 is 5.32 Å². The third kappa shape index (κ3) is 5.90. The Balaban J connectivity index is 0.00000163. The Morgan fingerprint density at radius 1 is 1.15 bits per heavy atom. The highest BCUT2D eigenvalue weighted by Gasteiger charge is 2.14. The molecule has 0 amide bonds. The summed E-state index contributed by atoms with van der Waals surface area (Å²) in [4.78, 5) is 4.28. The van der Waals surface area contributed by atoms with E-state index in [4.69, 9.17) is 0 Å². The minimum Gasteiger partial charge on any atom is -0.379 e. The van der Waals surface area contributed by atoms with E-state index in [1.807, 2.05) is 22.7 Å². The fourth-order valence-corrected chi connectivity index (χ4v) is 4.68. The SMILES string of the molecule is C#C.CC/C=C(/C=C(/NCc1cccs1)c1sc(CC)c(C)c1C)CC. The molecule has 0 fully saturated rings. The molecule has 0 aromatic carbocycles. The molecule has 2 rings (SSSR count). The second-order valence-corrected chi connectivity index (χ2v) is 8.13. The summed E-state index contributed by atoms with van der Waals surface area (Å²) in [5.41, 5.74) is 5.57. The highest BCUT2D eigenvalue weighted by atomic mass is 32.1. The number of hydrogen-bond donors (Lipinski definition) is 1. The van der Waals surface area contributed by atoms with Gasteiger partial charge in [-0.15, -0.1) is 35.5 Å². The average molecular weight is 386 g/mol. The monoisotopic (exact) mass is 385 g/mol. The molecule has 2 aromatic rings. The molecule has 0 saturated heterocycles. The zero-order chi connectivity index (χ0) is 19.5. The van der Waals surface area contributed by atoms with Crippen LogP contribution in [0.15, 0.2) is 35.2 Å². The lowest BCUT2D eigenvalue weighted by Crippen LogP contribution is -2.11. The minimum atomic E-state index is 0.893. The van der Waals surface area contributed by atoms with Crippen LogP contribution in [0.5, 0.6) is 0 Å². The van der Waals surface area contributed by atoms with Crippen LogP contribution in [0.2, 0.25) is 0 Å². The Bertz CT molecular complexity index is 743. The molecule has 1 N–H and O–H groups in total. The lowest BCUT2D eigenvalue weighted by molar-refractivity contribution is 0.906. The first-order chi connectivity index (χ1) is 12.6. The molecular formula is C23H31NS2. The molecule has 1 nitrogen and oxygen atoms in total. The maximum Gasteiger partial charge on any atom is 0.0536 e. The van der Waals surface area contributed by atoms with Crippen LogP contribution >= 0.6 is 22.7 Å². The first kappa shape index (κ1) is 22.3. The van der Waals surface area contributed by atoms with Gasteiger partial charge in [0, 0.05) is 16.3 Å². The summed E-state index contributed by atoms with van der Waals surface area (Å²) < 4.78 is 0. The molecule has 0 aliphatic carbocycles. The van der Waals surface area contributed by atoms with Crippen LogP contribution in [0.3, 0.4) is 0 Å². The van der Waals surface area contributed by atoms with Gasteiger partial charge in [0.15, 0.2) is 0 Å². The number of thiophene rings is 2.